The van der Waals surface area contributed by atoms with Crippen LogP contribution in [0.3, 0.4) is 0 Å². The first-order valence-corrected chi connectivity index (χ1v) is 10.9. The van der Waals surface area contributed by atoms with E-state index in [0.717, 1.165) is 0 Å². The van der Waals surface area contributed by atoms with E-state index >= 15 is 0 Å². The summed E-state index contributed by atoms with van der Waals surface area (Å²) in [5.74, 6) is 0.897. The van der Waals surface area contributed by atoms with Crippen LogP contribution in [0.25, 0.3) is 0 Å². The number of ether oxygens (including phenoxy) is 2. The summed E-state index contributed by atoms with van der Waals surface area (Å²) in [5, 5.41) is 9.78. The molecule has 1 fully saturated rings. The average Bonchev–Trinajstić information content (AvgIpc) is 2.80. The zero-order valence-electron chi connectivity index (χ0n) is 17.6. The van der Waals surface area contributed by atoms with Crippen molar-refractivity contribution in [2.75, 3.05) is 39.9 Å². The third kappa shape index (κ3) is 6.06. The Hall–Kier alpha value is -2.95. The highest BCUT2D eigenvalue weighted by Gasteiger charge is 2.25. The van der Waals surface area contributed by atoms with Crippen LogP contribution in [-0.2, 0) is 4.79 Å². The Morgan fingerprint density at radius 2 is 1.66 bits per heavy atom. The molecule has 32 heavy (non-hydrogen) atoms. The number of nitriles is 1. The van der Waals surface area contributed by atoms with Crippen LogP contribution < -0.4 is 9.47 Å². The Balaban J connectivity index is 1.43. The molecule has 2 aromatic rings. The quantitative estimate of drug-likeness (QED) is 0.564. The fourth-order valence-electron chi connectivity index (χ4n) is 3.44. The first-order chi connectivity index (χ1) is 15.4. The smallest absolute Gasteiger partial charge is 0.254 e. The number of hydrogen-bond donors (Lipinski definition) is 0. The lowest BCUT2D eigenvalue weighted by atomic mass is 10.1. The van der Waals surface area contributed by atoms with E-state index in [1.807, 2.05) is 6.07 Å². The number of carbonyl (C=O) groups is 2. The molecule has 1 heterocycles. The molecule has 0 N–H and O–H groups in total. The number of carbonyl (C=O) groups excluding carboxylic acids is 2. The van der Waals surface area contributed by atoms with Crippen LogP contribution in [0, 0.1) is 11.3 Å². The van der Waals surface area contributed by atoms with Crippen LogP contribution in [0.15, 0.2) is 36.4 Å². The summed E-state index contributed by atoms with van der Waals surface area (Å²) in [5.41, 5.74) is 0.929. The van der Waals surface area contributed by atoms with Crippen LogP contribution >= 0.6 is 23.2 Å². The molecule has 0 aliphatic carbocycles. The van der Waals surface area contributed by atoms with Gasteiger partial charge in [-0.05, 0) is 36.8 Å². The van der Waals surface area contributed by atoms with Gasteiger partial charge >= 0.3 is 0 Å². The SMILES string of the molecule is COc1cc(C#N)ccc1OCCCC(=O)N1CCN(C(=O)c2cc(Cl)cc(Cl)c2)CC1. The van der Waals surface area contributed by atoms with Crippen molar-refractivity contribution in [3.05, 3.63) is 57.6 Å². The van der Waals surface area contributed by atoms with Crippen LogP contribution in [0.2, 0.25) is 10.0 Å². The highest BCUT2D eigenvalue weighted by atomic mass is 35.5. The van der Waals surface area contributed by atoms with Gasteiger partial charge in [0.25, 0.3) is 5.91 Å². The Labute approximate surface area is 197 Å². The molecular formula is C23H23Cl2N3O4. The molecule has 7 nitrogen and oxygen atoms in total. The van der Waals surface area contributed by atoms with Gasteiger partial charge in [-0.1, -0.05) is 23.2 Å². The second-order valence-corrected chi connectivity index (χ2v) is 8.13. The normalized spacial score (nSPS) is 13.4. The number of piperazine rings is 1. The summed E-state index contributed by atoms with van der Waals surface area (Å²) in [6, 6.07) is 11.8. The molecule has 1 aliphatic heterocycles. The topological polar surface area (TPSA) is 82.9 Å². The second-order valence-electron chi connectivity index (χ2n) is 7.26. The second kappa shape index (κ2) is 11.1. The van der Waals surface area contributed by atoms with Crippen LogP contribution in [0.4, 0.5) is 0 Å². The molecule has 0 bridgehead atoms. The molecular weight excluding hydrogens is 453 g/mol. The van der Waals surface area contributed by atoms with Crippen LogP contribution in [0.1, 0.15) is 28.8 Å². The summed E-state index contributed by atoms with van der Waals surface area (Å²) in [6.45, 7) is 2.20. The maximum atomic E-state index is 12.7. The largest absolute Gasteiger partial charge is 0.493 e. The van der Waals surface area contributed by atoms with Crippen molar-refractivity contribution in [1.82, 2.24) is 9.80 Å². The lowest BCUT2D eigenvalue weighted by Crippen LogP contribution is -2.50. The van der Waals surface area contributed by atoms with Gasteiger partial charge in [-0.3, -0.25) is 9.59 Å². The van der Waals surface area contributed by atoms with Crippen molar-refractivity contribution in [1.29, 1.82) is 5.26 Å². The van der Waals surface area contributed by atoms with Crippen molar-refractivity contribution in [2.45, 2.75) is 12.8 Å². The molecule has 0 spiro atoms. The molecule has 3 rings (SSSR count). The number of benzene rings is 2. The minimum absolute atomic E-state index is 0.0262. The van der Waals surface area contributed by atoms with Crippen LogP contribution in [-0.4, -0.2) is 61.5 Å². The molecule has 0 unspecified atom stereocenters. The fraction of sp³-hybridized carbons (Fsp3) is 0.348. The molecule has 0 saturated carbocycles. The van der Waals surface area contributed by atoms with E-state index < -0.39 is 0 Å². The summed E-state index contributed by atoms with van der Waals surface area (Å²) in [6.07, 6.45) is 0.887. The molecule has 168 valence electrons. The number of hydrogen-bond acceptors (Lipinski definition) is 5. The monoisotopic (exact) mass is 475 g/mol. The minimum atomic E-state index is -0.147. The Morgan fingerprint density at radius 1 is 1.00 bits per heavy atom. The van der Waals surface area contributed by atoms with Gasteiger partial charge in [0.1, 0.15) is 0 Å². The molecule has 2 amide bonds. The van der Waals surface area contributed by atoms with E-state index in [9.17, 15) is 9.59 Å². The van der Waals surface area contributed by atoms with E-state index in [-0.39, 0.29) is 11.8 Å². The van der Waals surface area contributed by atoms with E-state index in [2.05, 4.69) is 0 Å². The number of halogens is 2. The van der Waals surface area contributed by atoms with Crippen LogP contribution in [0.5, 0.6) is 11.5 Å². The molecule has 9 heteroatoms. The summed E-state index contributed by atoms with van der Waals surface area (Å²) < 4.78 is 10.9. The molecule has 1 saturated heterocycles. The van der Waals surface area contributed by atoms with Crippen molar-refractivity contribution < 1.29 is 19.1 Å². The Kier molecular flexibility index (Phi) is 8.20. The summed E-state index contributed by atoms with van der Waals surface area (Å²) >= 11 is 12.0. The van der Waals surface area contributed by atoms with Crippen molar-refractivity contribution in [3.63, 3.8) is 0 Å². The molecule has 2 aromatic carbocycles. The number of amides is 2. The molecule has 0 aromatic heterocycles. The molecule has 0 radical (unpaired) electrons. The Bertz CT molecular complexity index is 1010. The highest BCUT2D eigenvalue weighted by molar-refractivity contribution is 6.35. The Morgan fingerprint density at radius 3 is 2.28 bits per heavy atom. The van der Waals surface area contributed by atoms with E-state index in [1.165, 1.54) is 7.11 Å². The van der Waals surface area contributed by atoms with Gasteiger partial charge in [0.05, 0.1) is 25.3 Å². The zero-order chi connectivity index (χ0) is 23.1. The number of nitrogens with zero attached hydrogens (tertiary/aromatic N) is 3. The zero-order valence-corrected chi connectivity index (χ0v) is 19.2. The minimum Gasteiger partial charge on any atom is -0.493 e. The predicted molar refractivity (Wildman–Crippen MR) is 121 cm³/mol. The third-order valence-corrected chi connectivity index (χ3v) is 5.55. The number of rotatable bonds is 7. The lowest BCUT2D eigenvalue weighted by molar-refractivity contribution is -0.132. The van der Waals surface area contributed by atoms with Crippen molar-refractivity contribution in [3.8, 4) is 17.6 Å². The maximum Gasteiger partial charge on any atom is 0.254 e. The third-order valence-electron chi connectivity index (χ3n) is 5.11. The average molecular weight is 476 g/mol. The van der Waals surface area contributed by atoms with E-state index in [0.29, 0.717) is 78.3 Å². The van der Waals surface area contributed by atoms with E-state index in [4.69, 9.17) is 37.9 Å². The van der Waals surface area contributed by atoms with E-state index in [1.54, 1.807) is 46.2 Å². The van der Waals surface area contributed by atoms with Gasteiger partial charge in [0.2, 0.25) is 5.91 Å². The van der Waals surface area contributed by atoms with Gasteiger partial charge in [-0.15, -0.1) is 0 Å². The fourth-order valence-corrected chi connectivity index (χ4v) is 3.96. The lowest BCUT2D eigenvalue weighted by Gasteiger charge is -2.35. The van der Waals surface area contributed by atoms with Crippen molar-refractivity contribution >= 4 is 35.0 Å². The molecule has 1 aliphatic rings. The standard InChI is InChI=1S/C23H23Cl2N3O4/c1-31-21-11-16(15-26)4-5-20(21)32-10-2-3-22(29)27-6-8-28(9-7-27)23(30)17-12-18(24)14-19(25)13-17/h4-5,11-14H,2-3,6-10H2,1H3. The number of methoxy groups -OCH3 is 1. The van der Waals surface area contributed by atoms with Gasteiger partial charge in [-0.25, -0.2) is 0 Å². The first-order valence-electron chi connectivity index (χ1n) is 10.2. The van der Waals surface area contributed by atoms with Gasteiger partial charge in [-0.2, -0.15) is 5.26 Å². The summed E-state index contributed by atoms with van der Waals surface area (Å²) in [4.78, 5) is 28.7. The maximum absolute atomic E-state index is 12.7. The first kappa shape index (κ1) is 23.7. The van der Waals surface area contributed by atoms with Gasteiger partial charge in [0.15, 0.2) is 11.5 Å². The molecule has 0 atom stereocenters. The van der Waals surface area contributed by atoms with Gasteiger partial charge in [0, 0.05) is 54.3 Å². The predicted octanol–water partition coefficient (Wildman–Crippen LogP) is 4.02. The van der Waals surface area contributed by atoms with Crippen molar-refractivity contribution in [2.24, 2.45) is 0 Å². The summed E-state index contributed by atoms with van der Waals surface area (Å²) in [7, 11) is 1.51. The van der Waals surface area contributed by atoms with Gasteiger partial charge < -0.3 is 19.3 Å². The highest BCUT2D eigenvalue weighted by Crippen LogP contribution is 2.28.